The molecule has 1 fully saturated rings. The van der Waals surface area contributed by atoms with E-state index in [4.69, 9.17) is 0 Å². The molecule has 0 aromatic heterocycles. The highest BCUT2D eigenvalue weighted by molar-refractivity contribution is 5.38. The molecular weight excluding hydrogens is 242 g/mol. The number of nitrogens with one attached hydrogen (secondary N) is 1. The molecule has 20 heavy (non-hydrogen) atoms. The van der Waals surface area contributed by atoms with E-state index in [0.717, 1.165) is 0 Å². The summed E-state index contributed by atoms with van der Waals surface area (Å²) in [6, 6.07) is 4.69. The molecule has 0 amide bonds. The molecule has 1 aliphatic rings. The lowest BCUT2D eigenvalue weighted by atomic mass is 9.80. The summed E-state index contributed by atoms with van der Waals surface area (Å²) in [5.74, 6) is 0. The minimum atomic E-state index is 0.343. The topological polar surface area (TPSA) is 12.0 Å². The smallest absolute Gasteiger partial charge is 0.0221 e. The van der Waals surface area contributed by atoms with Crippen LogP contribution >= 0.6 is 0 Å². The molecular formula is C19H31N. The van der Waals surface area contributed by atoms with Gasteiger partial charge in [-0.2, -0.15) is 0 Å². The SMILES string of the molecule is CCCC1(Cc2c(C)cc(C)cc2C)CCCCCN1. The molecule has 0 aliphatic carbocycles. The van der Waals surface area contributed by atoms with Gasteiger partial charge in [0.2, 0.25) is 0 Å². The van der Waals surface area contributed by atoms with Gasteiger partial charge in [-0.1, -0.05) is 43.9 Å². The fraction of sp³-hybridized carbons (Fsp3) is 0.684. The fourth-order valence-corrected chi connectivity index (χ4v) is 3.97. The van der Waals surface area contributed by atoms with Crippen molar-refractivity contribution >= 4 is 0 Å². The Morgan fingerprint density at radius 3 is 2.40 bits per heavy atom. The Kier molecular flexibility index (Phi) is 5.26. The van der Waals surface area contributed by atoms with Crippen molar-refractivity contribution in [2.24, 2.45) is 0 Å². The Bertz CT molecular complexity index is 416. The molecule has 1 heterocycles. The predicted molar refractivity (Wildman–Crippen MR) is 88.5 cm³/mol. The van der Waals surface area contributed by atoms with Crippen molar-refractivity contribution in [2.75, 3.05) is 6.54 Å². The summed E-state index contributed by atoms with van der Waals surface area (Å²) in [6.07, 6.45) is 9.25. The van der Waals surface area contributed by atoms with E-state index in [1.54, 1.807) is 5.56 Å². The summed E-state index contributed by atoms with van der Waals surface area (Å²) in [4.78, 5) is 0. The third kappa shape index (κ3) is 3.63. The average Bonchev–Trinajstić information content (AvgIpc) is 2.60. The highest BCUT2D eigenvalue weighted by Crippen LogP contribution is 2.30. The Hall–Kier alpha value is -0.820. The first-order chi connectivity index (χ1) is 9.56. The van der Waals surface area contributed by atoms with E-state index in [0.29, 0.717) is 5.54 Å². The van der Waals surface area contributed by atoms with Gasteiger partial charge in [0.05, 0.1) is 0 Å². The maximum absolute atomic E-state index is 3.91. The van der Waals surface area contributed by atoms with Gasteiger partial charge in [0.25, 0.3) is 0 Å². The summed E-state index contributed by atoms with van der Waals surface area (Å²) in [5, 5.41) is 3.91. The van der Waals surface area contributed by atoms with Gasteiger partial charge >= 0.3 is 0 Å². The van der Waals surface area contributed by atoms with Crippen molar-refractivity contribution in [1.82, 2.24) is 5.32 Å². The molecule has 1 atom stereocenters. The zero-order chi connectivity index (χ0) is 14.6. The van der Waals surface area contributed by atoms with Crippen molar-refractivity contribution in [1.29, 1.82) is 0 Å². The molecule has 112 valence electrons. The molecule has 1 aromatic rings. The molecule has 1 heteroatoms. The van der Waals surface area contributed by atoms with Gasteiger partial charge in [-0.25, -0.2) is 0 Å². The van der Waals surface area contributed by atoms with E-state index < -0.39 is 0 Å². The summed E-state index contributed by atoms with van der Waals surface area (Å²) < 4.78 is 0. The molecule has 0 radical (unpaired) electrons. The first-order valence-corrected chi connectivity index (χ1v) is 8.38. The summed E-state index contributed by atoms with van der Waals surface area (Å²) in [5.41, 5.74) is 6.27. The molecule has 0 spiro atoms. The van der Waals surface area contributed by atoms with Crippen molar-refractivity contribution in [2.45, 2.75) is 78.2 Å². The predicted octanol–water partition coefficient (Wildman–Crippen LogP) is 4.86. The average molecular weight is 273 g/mol. The van der Waals surface area contributed by atoms with E-state index in [9.17, 15) is 0 Å². The quantitative estimate of drug-likeness (QED) is 0.826. The second-order valence-corrected chi connectivity index (χ2v) is 6.82. The van der Waals surface area contributed by atoms with E-state index in [1.165, 1.54) is 68.2 Å². The Morgan fingerprint density at radius 2 is 1.75 bits per heavy atom. The van der Waals surface area contributed by atoms with Crippen LogP contribution < -0.4 is 5.32 Å². The zero-order valence-corrected chi connectivity index (χ0v) is 13.8. The van der Waals surface area contributed by atoms with Crippen LogP contribution in [0.4, 0.5) is 0 Å². The standard InChI is InChI=1S/C19H31N/c1-5-9-19(10-7-6-8-11-20-19)14-18-16(3)12-15(2)13-17(18)4/h12-13,20H,5-11,14H2,1-4H3. The first-order valence-electron chi connectivity index (χ1n) is 8.38. The van der Waals surface area contributed by atoms with Gasteiger partial charge in [-0.15, -0.1) is 0 Å². The maximum Gasteiger partial charge on any atom is 0.0221 e. The largest absolute Gasteiger partial charge is 0.311 e. The van der Waals surface area contributed by atoms with Crippen LogP contribution in [0, 0.1) is 20.8 Å². The van der Waals surface area contributed by atoms with Crippen molar-refractivity contribution < 1.29 is 0 Å². The number of rotatable bonds is 4. The van der Waals surface area contributed by atoms with E-state index in [1.807, 2.05) is 0 Å². The third-order valence-electron chi connectivity index (χ3n) is 4.92. The molecule has 1 saturated heterocycles. The Labute approximate surface area is 125 Å². The summed E-state index contributed by atoms with van der Waals surface area (Å²) in [7, 11) is 0. The van der Waals surface area contributed by atoms with Crippen molar-refractivity contribution in [3.63, 3.8) is 0 Å². The van der Waals surface area contributed by atoms with Gasteiger partial charge in [-0.05, 0) is 69.7 Å². The first kappa shape index (κ1) is 15.6. The molecule has 1 N–H and O–H groups in total. The van der Waals surface area contributed by atoms with Gasteiger partial charge in [-0.3, -0.25) is 0 Å². The van der Waals surface area contributed by atoms with Crippen molar-refractivity contribution in [3.05, 3.63) is 34.4 Å². The Morgan fingerprint density at radius 1 is 1.05 bits per heavy atom. The lowest BCUT2D eigenvalue weighted by molar-refractivity contribution is 0.287. The normalized spacial score (nSPS) is 23.6. The van der Waals surface area contributed by atoms with Gasteiger partial charge < -0.3 is 5.32 Å². The van der Waals surface area contributed by atoms with Crippen molar-refractivity contribution in [3.8, 4) is 0 Å². The minimum Gasteiger partial charge on any atom is -0.311 e. The summed E-state index contributed by atoms with van der Waals surface area (Å²) in [6.45, 7) is 10.3. The van der Waals surface area contributed by atoms with E-state index in [2.05, 4.69) is 45.1 Å². The third-order valence-corrected chi connectivity index (χ3v) is 4.92. The van der Waals surface area contributed by atoms with E-state index in [-0.39, 0.29) is 0 Å². The van der Waals surface area contributed by atoms with Gasteiger partial charge in [0.15, 0.2) is 0 Å². The lowest BCUT2D eigenvalue weighted by Gasteiger charge is -2.35. The maximum atomic E-state index is 3.91. The molecule has 0 bridgehead atoms. The number of hydrogen-bond acceptors (Lipinski definition) is 1. The fourth-order valence-electron chi connectivity index (χ4n) is 3.97. The second kappa shape index (κ2) is 6.76. The number of hydrogen-bond donors (Lipinski definition) is 1. The number of benzene rings is 1. The van der Waals surface area contributed by atoms with Crippen LogP contribution in [0.2, 0.25) is 0 Å². The van der Waals surface area contributed by atoms with Crippen LogP contribution in [0.3, 0.4) is 0 Å². The monoisotopic (exact) mass is 273 g/mol. The van der Waals surface area contributed by atoms with Gasteiger partial charge in [0.1, 0.15) is 0 Å². The minimum absolute atomic E-state index is 0.343. The molecule has 1 nitrogen and oxygen atoms in total. The van der Waals surface area contributed by atoms with Crippen LogP contribution in [0.1, 0.15) is 67.7 Å². The lowest BCUT2D eigenvalue weighted by Crippen LogP contribution is -2.46. The van der Waals surface area contributed by atoms with E-state index >= 15 is 0 Å². The zero-order valence-electron chi connectivity index (χ0n) is 13.8. The molecule has 1 aliphatic heterocycles. The number of aryl methyl sites for hydroxylation is 3. The summed E-state index contributed by atoms with van der Waals surface area (Å²) >= 11 is 0. The van der Waals surface area contributed by atoms with Gasteiger partial charge in [0, 0.05) is 5.54 Å². The molecule has 0 saturated carbocycles. The molecule has 2 rings (SSSR count). The van der Waals surface area contributed by atoms with Crippen LogP contribution in [-0.2, 0) is 6.42 Å². The molecule has 1 unspecified atom stereocenters. The molecule has 1 aromatic carbocycles. The second-order valence-electron chi connectivity index (χ2n) is 6.82. The Balaban J connectivity index is 2.27. The van der Waals surface area contributed by atoms with Crippen LogP contribution in [0.25, 0.3) is 0 Å². The van der Waals surface area contributed by atoms with Crippen LogP contribution in [0.15, 0.2) is 12.1 Å². The highest BCUT2D eigenvalue weighted by Gasteiger charge is 2.30. The highest BCUT2D eigenvalue weighted by atomic mass is 15.0. The van der Waals surface area contributed by atoms with Crippen LogP contribution in [0.5, 0.6) is 0 Å². The van der Waals surface area contributed by atoms with Crippen LogP contribution in [-0.4, -0.2) is 12.1 Å².